The number of phenols is 1. The fraction of sp³-hybridized carbons (Fsp3) is 0.0588. The average molecular weight is 343 g/mol. The zero-order valence-electron chi connectivity index (χ0n) is 12.8. The minimum atomic E-state index is -0.394. The van der Waals surface area contributed by atoms with Gasteiger partial charge in [0.25, 0.3) is 0 Å². The first-order valence-electron chi connectivity index (χ1n) is 7.18. The number of aromatic hydroxyl groups is 1. The van der Waals surface area contributed by atoms with E-state index in [1.807, 2.05) is 0 Å². The molecule has 122 valence electrons. The highest BCUT2D eigenvalue weighted by Gasteiger charge is 2.10. The van der Waals surface area contributed by atoms with Crippen LogP contribution in [0.5, 0.6) is 5.75 Å². The first-order valence-corrected chi connectivity index (χ1v) is 7.56. The van der Waals surface area contributed by atoms with Crippen LogP contribution in [0.25, 0.3) is 11.3 Å². The summed E-state index contributed by atoms with van der Waals surface area (Å²) in [5.41, 5.74) is 2.33. The molecule has 24 heavy (non-hydrogen) atoms. The molecule has 0 saturated carbocycles. The van der Waals surface area contributed by atoms with Gasteiger partial charge in [0.05, 0.1) is 5.69 Å². The van der Waals surface area contributed by atoms with Crippen molar-refractivity contribution in [2.24, 2.45) is 7.05 Å². The van der Waals surface area contributed by atoms with Crippen LogP contribution < -0.4 is 10.6 Å². The molecule has 0 bridgehead atoms. The summed E-state index contributed by atoms with van der Waals surface area (Å²) in [5, 5.41) is 20.3. The number of aryl methyl sites for hydroxylation is 1. The third kappa shape index (κ3) is 3.67. The van der Waals surface area contributed by atoms with Crippen molar-refractivity contribution in [2.75, 3.05) is 10.6 Å². The van der Waals surface area contributed by atoms with Gasteiger partial charge in [0.2, 0.25) is 0 Å². The van der Waals surface area contributed by atoms with Gasteiger partial charge in [-0.2, -0.15) is 5.10 Å². The van der Waals surface area contributed by atoms with Gasteiger partial charge in [0.15, 0.2) is 0 Å². The van der Waals surface area contributed by atoms with E-state index in [9.17, 15) is 9.90 Å². The number of rotatable bonds is 3. The summed E-state index contributed by atoms with van der Waals surface area (Å²) >= 11 is 5.81. The van der Waals surface area contributed by atoms with Crippen LogP contribution in [0.4, 0.5) is 16.2 Å². The molecule has 0 aliphatic carbocycles. The molecule has 3 aromatic rings. The number of anilines is 2. The molecule has 2 aromatic carbocycles. The highest BCUT2D eigenvalue weighted by atomic mass is 35.5. The van der Waals surface area contributed by atoms with Gasteiger partial charge < -0.3 is 15.7 Å². The molecule has 1 aromatic heterocycles. The van der Waals surface area contributed by atoms with Crippen LogP contribution in [-0.2, 0) is 7.05 Å². The molecule has 3 N–H and O–H groups in total. The second-order valence-electron chi connectivity index (χ2n) is 5.19. The first-order chi connectivity index (χ1) is 11.5. The largest absolute Gasteiger partial charge is 0.507 e. The smallest absolute Gasteiger partial charge is 0.323 e. The minimum absolute atomic E-state index is 0.0948. The van der Waals surface area contributed by atoms with Gasteiger partial charge in [-0.15, -0.1) is 0 Å². The predicted molar refractivity (Wildman–Crippen MR) is 94.4 cm³/mol. The third-order valence-electron chi connectivity index (χ3n) is 3.35. The van der Waals surface area contributed by atoms with Gasteiger partial charge in [-0.3, -0.25) is 4.68 Å². The quantitative estimate of drug-likeness (QED) is 0.627. The lowest BCUT2D eigenvalue weighted by Crippen LogP contribution is -2.19. The topological polar surface area (TPSA) is 79.2 Å². The Labute approximate surface area is 143 Å². The maximum Gasteiger partial charge on any atom is 0.323 e. The summed E-state index contributed by atoms with van der Waals surface area (Å²) in [5.74, 6) is 0.0948. The van der Waals surface area contributed by atoms with E-state index in [1.54, 1.807) is 60.4 Å². The van der Waals surface area contributed by atoms with Gasteiger partial charge in [-0.25, -0.2) is 4.79 Å². The van der Waals surface area contributed by atoms with E-state index in [2.05, 4.69) is 15.7 Å². The number of carbonyl (C=O) groups excluding carboxylic acids is 1. The second-order valence-corrected chi connectivity index (χ2v) is 5.63. The molecule has 0 radical (unpaired) electrons. The number of nitrogens with zero attached hydrogens (tertiary/aromatic N) is 2. The van der Waals surface area contributed by atoms with Gasteiger partial charge >= 0.3 is 6.03 Å². The Balaban J connectivity index is 1.75. The summed E-state index contributed by atoms with van der Waals surface area (Å²) in [7, 11) is 1.79. The van der Waals surface area contributed by atoms with Crippen LogP contribution in [0.3, 0.4) is 0 Å². The van der Waals surface area contributed by atoms with E-state index in [-0.39, 0.29) is 5.75 Å². The normalized spacial score (nSPS) is 10.4. The van der Waals surface area contributed by atoms with Crippen molar-refractivity contribution < 1.29 is 9.90 Å². The molecule has 3 rings (SSSR count). The number of amides is 2. The maximum absolute atomic E-state index is 12.1. The van der Waals surface area contributed by atoms with Crippen molar-refractivity contribution in [3.8, 4) is 17.0 Å². The van der Waals surface area contributed by atoms with Crippen molar-refractivity contribution in [3.05, 3.63) is 59.8 Å². The lowest BCUT2D eigenvalue weighted by atomic mass is 10.1. The van der Waals surface area contributed by atoms with Gasteiger partial charge in [-0.1, -0.05) is 11.6 Å². The Hall–Kier alpha value is -2.99. The molecule has 1 heterocycles. The third-order valence-corrected chi connectivity index (χ3v) is 3.60. The van der Waals surface area contributed by atoms with Crippen LogP contribution in [0, 0.1) is 0 Å². The monoisotopic (exact) mass is 342 g/mol. The van der Waals surface area contributed by atoms with Crippen LogP contribution in [0.1, 0.15) is 0 Å². The molecule has 0 spiro atoms. The number of halogens is 1. The molecule has 6 nitrogen and oxygen atoms in total. The number of carbonyl (C=O) groups is 1. The van der Waals surface area contributed by atoms with E-state index in [4.69, 9.17) is 11.6 Å². The van der Waals surface area contributed by atoms with Gasteiger partial charge in [0.1, 0.15) is 5.75 Å². The fourth-order valence-electron chi connectivity index (χ4n) is 2.20. The molecular formula is C17H15ClN4O2. The van der Waals surface area contributed by atoms with Crippen LogP contribution in [0.2, 0.25) is 5.02 Å². The Kier molecular flexibility index (Phi) is 4.39. The molecule has 2 amide bonds. The maximum atomic E-state index is 12.1. The number of hydrogen-bond acceptors (Lipinski definition) is 3. The summed E-state index contributed by atoms with van der Waals surface area (Å²) in [6.45, 7) is 0. The zero-order valence-corrected chi connectivity index (χ0v) is 13.6. The van der Waals surface area contributed by atoms with Gasteiger partial charge in [-0.05, 0) is 48.5 Å². The van der Waals surface area contributed by atoms with Crippen molar-refractivity contribution >= 4 is 29.0 Å². The highest BCUT2D eigenvalue weighted by Crippen LogP contribution is 2.30. The first kappa shape index (κ1) is 15.9. The van der Waals surface area contributed by atoms with E-state index < -0.39 is 6.03 Å². The van der Waals surface area contributed by atoms with Crippen LogP contribution >= 0.6 is 11.6 Å². The minimum Gasteiger partial charge on any atom is -0.507 e. The van der Waals surface area contributed by atoms with Crippen molar-refractivity contribution in [1.29, 1.82) is 0 Å². The summed E-state index contributed by atoms with van der Waals surface area (Å²) < 4.78 is 1.64. The van der Waals surface area contributed by atoms with Crippen molar-refractivity contribution in [1.82, 2.24) is 9.78 Å². The Morgan fingerprint density at radius 2 is 1.75 bits per heavy atom. The Morgan fingerprint density at radius 3 is 2.42 bits per heavy atom. The summed E-state index contributed by atoms with van der Waals surface area (Å²) in [4.78, 5) is 12.1. The van der Waals surface area contributed by atoms with Crippen molar-refractivity contribution in [2.45, 2.75) is 0 Å². The van der Waals surface area contributed by atoms with E-state index in [0.717, 1.165) is 0 Å². The molecule has 0 saturated heterocycles. The SMILES string of the molecule is Cn1ccc(-c2cc(NC(=O)Nc3ccc(Cl)cc3)ccc2O)n1. The Morgan fingerprint density at radius 1 is 1.08 bits per heavy atom. The molecule has 0 fully saturated rings. The van der Waals surface area contributed by atoms with E-state index >= 15 is 0 Å². The molecule has 7 heteroatoms. The number of phenolic OH excluding ortho intramolecular Hbond substituents is 1. The van der Waals surface area contributed by atoms with Gasteiger partial charge in [0, 0.05) is 35.2 Å². The fourth-order valence-corrected chi connectivity index (χ4v) is 2.33. The standard InChI is InChI=1S/C17H15ClN4O2/c1-22-9-8-15(21-22)14-10-13(6-7-16(14)23)20-17(24)19-12-4-2-11(18)3-5-12/h2-10,23H,1H3,(H2,19,20,24). The lowest BCUT2D eigenvalue weighted by molar-refractivity contribution is 0.262. The average Bonchev–Trinajstić information content (AvgIpc) is 2.98. The number of aromatic nitrogens is 2. The summed E-state index contributed by atoms with van der Waals surface area (Å²) in [6, 6.07) is 13.0. The molecule has 0 aliphatic heterocycles. The van der Waals surface area contributed by atoms with Crippen molar-refractivity contribution in [3.63, 3.8) is 0 Å². The molecule has 0 aliphatic rings. The number of urea groups is 1. The van der Waals surface area contributed by atoms with E-state index in [1.165, 1.54) is 6.07 Å². The predicted octanol–water partition coefficient (Wildman–Crippen LogP) is 4.09. The molecule has 0 atom stereocenters. The number of benzene rings is 2. The highest BCUT2D eigenvalue weighted by molar-refractivity contribution is 6.30. The van der Waals surface area contributed by atoms with Crippen LogP contribution in [-0.4, -0.2) is 20.9 Å². The molecule has 0 unspecified atom stereocenters. The zero-order chi connectivity index (χ0) is 17.1. The number of hydrogen-bond donors (Lipinski definition) is 3. The summed E-state index contributed by atoms with van der Waals surface area (Å²) in [6.07, 6.45) is 1.78. The Bertz CT molecular complexity index is 875. The van der Waals surface area contributed by atoms with E-state index in [0.29, 0.717) is 27.7 Å². The second kappa shape index (κ2) is 6.64. The molecular weight excluding hydrogens is 328 g/mol. The number of nitrogens with one attached hydrogen (secondary N) is 2. The van der Waals surface area contributed by atoms with Crippen LogP contribution in [0.15, 0.2) is 54.7 Å². The lowest BCUT2D eigenvalue weighted by Gasteiger charge is -2.09.